The highest BCUT2D eigenvalue weighted by molar-refractivity contribution is 5.94. The van der Waals surface area contributed by atoms with Crippen LogP contribution in [0.2, 0.25) is 0 Å². The Balaban J connectivity index is 2.36. The third-order valence-corrected chi connectivity index (χ3v) is 2.88. The van der Waals surface area contributed by atoms with Crippen LogP contribution in [0.4, 0.5) is 5.82 Å². The molecule has 2 N–H and O–H groups in total. The molecule has 0 aliphatic carbocycles. The third kappa shape index (κ3) is 2.76. The Morgan fingerprint density at radius 2 is 2.21 bits per heavy atom. The standard InChI is InChI=1S/C14H16N2O3/c1-8-7-9(2)15-13(12(8)14(17)18)16-10(3)11-5-4-6-19-11/h4-7,10H,1-3H3,(H,15,16)(H,17,18). The first-order valence-electron chi connectivity index (χ1n) is 6.00. The summed E-state index contributed by atoms with van der Waals surface area (Å²) in [6.07, 6.45) is 1.58. The van der Waals surface area contributed by atoms with E-state index in [2.05, 4.69) is 10.3 Å². The van der Waals surface area contributed by atoms with Crippen molar-refractivity contribution < 1.29 is 14.3 Å². The SMILES string of the molecule is Cc1cc(C)c(C(=O)O)c(NC(C)c2ccco2)n1. The van der Waals surface area contributed by atoms with Crippen LogP contribution in [0.25, 0.3) is 0 Å². The zero-order valence-electron chi connectivity index (χ0n) is 11.1. The number of hydrogen-bond donors (Lipinski definition) is 2. The fourth-order valence-electron chi connectivity index (χ4n) is 2.03. The van der Waals surface area contributed by atoms with Crippen LogP contribution in [-0.2, 0) is 0 Å². The smallest absolute Gasteiger partial charge is 0.339 e. The number of nitrogens with one attached hydrogen (secondary N) is 1. The second-order valence-electron chi connectivity index (χ2n) is 4.49. The van der Waals surface area contributed by atoms with Gasteiger partial charge in [-0.05, 0) is 44.5 Å². The Hall–Kier alpha value is -2.30. The van der Waals surface area contributed by atoms with Crippen LogP contribution in [-0.4, -0.2) is 16.1 Å². The summed E-state index contributed by atoms with van der Waals surface area (Å²) in [7, 11) is 0. The Bertz CT molecular complexity index is 591. The number of furan rings is 1. The molecule has 5 nitrogen and oxygen atoms in total. The normalized spacial score (nSPS) is 12.2. The molecule has 5 heteroatoms. The van der Waals surface area contributed by atoms with Crippen molar-refractivity contribution >= 4 is 11.8 Å². The molecular weight excluding hydrogens is 244 g/mol. The second-order valence-corrected chi connectivity index (χ2v) is 4.49. The minimum Gasteiger partial charge on any atom is -0.478 e. The van der Waals surface area contributed by atoms with Crippen molar-refractivity contribution in [2.24, 2.45) is 0 Å². The summed E-state index contributed by atoms with van der Waals surface area (Å²) in [5.74, 6) is 0.116. The predicted octanol–water partition coefficient (Wildman–Crippen LogP) is 3.16. The van der Waals surface area contributed by atoms with Gasteiger partial charge in [0.15, 0.2) is 0 Å². The number of aryl methyl sites for hydroxylation is 2. The lowest BCUT2D eigenvalue weighted by Gasteiger charge is -2.16. The van der Waals surface area contributed by atoms with Gasteiger partial charge in [0.25, 0.3) is 0 Å². The fourth-order valence-corrected chi connectivity index (χ4v) is 2.03. The van der Waals surface area contributed by atoms with Crippen LogP contribution < -0.4 is 5.32 Å². The molecule has 100 valence electrons. The fraction of sp³-hybridized carbons (Fsp3) is 0.286. The number of nitrogens with zero attached hydrogens (tertiary/aromatic N) is 1. The number of aromatic nitrogens is 1. The van der Waals surface area contributed by atoms with E-state index in [1.165, 1.54) is 0 Å². The van der Waals surface area contributed by atoms with Gasteiger partial charge in [-0.15, -0.1) is 0 Å². The van der Waals surface area contributed by atoms with Crippen LogP contribution >= 0.6 is 0 Å². The first-order valence-corrected chi connectivity index (χ1v) is 6.00. The van der Waals surface area contributed by atoms with Crippen molar-refractivity contribution in [3.63, 3.8) is 0 Å². The van der Waals surface area contributed by atoms with E-state index >= 15 is 0 Å². The van der Waals surface area contributed by atoms with Gasteiger partial charge in [-0.3, -0.25) is 0 Å². The second kappa shape index (κ2) is 5.14. The quantitative estimate of drug-likeness (QED) is 0.883. The maximum Gasteiger partial charge on any atom is 0.339 e. The van der Waals surface area contributed by atoms with Crippen molar-refractivity contribution in [1.29, 1.82) is 0 Å². The summed E-state index contributed by atoms with van der Waals surface area (Å²) in [5, 5.41) is 12.4. The number of carboxylic acids is 1. The van der Waals surface area contributed by atoms with Crippen molar-refractivity contribution in [1.82, 2.24) is 4.98 Å². The molecule has 0 amide bonds. The molecular formula is C14H16N2O3. The van der Waals surface area contributed by atoms with Gasteiger partial charge in [0.1, 0.15) is 17.1 Å². The highest BCUT2D eigenvalue weighted by Crippen LogP contribution is 2.24. The molecule has 0 aliphatic heterocycles. The van der Waals surface area contributed by atoms with Gasteiger partial charge in [0, 0.05) is 5.69 Å². The molecule has 19 heavy (non-hydrogen) atoms. The molecule has 0 radical (unpaired) electrons. The number of carbonyl (C=O) groups is 1. The van der Waals surface area contributed by atoms with E-state index < -0.39 is 5.97 Å². The molecule has 2 rings (SSSR count). The van der Waals surface area contributed by atoms with Crippen LogP contribution in [0.1, 0.15) is 40.3 Å². The highest BCUT2D eigenvalue weighted by atomic mass is 16.4. The number of hydrogen-bond acceptors (Lipinski definition) is 4. The number of anilines is 1. The van der Waals surface area contributed by atoms with E-state index in [9.17, 15) is 9.90 Å². The molecule has 2 aromatic rings. The maximum absolute atomic E-state index is 11.3. The first kappa shape index (κ1) is 13.1. The molecule has 0 saturated heterocycles. The third-order valence-electron chi connectivity index (χ3n) is 2.88. The molecule has 0 spiro atoms. The Labute approximate surface area is 111 Å². The molecule has 0 bridgehead atoms. The Morgan fingerprint density at radius 1 is 1.47 bits per heavy atom. The van der Waals surface area contributed by atoms with E-state index in [-0.39, 0.29) is 11.6 Å². The lowest BCUT2D eigenvalue weighted by Crippen LogP contribution is -2.13. The van der Waals surface area contributed by atoms with Crippen LogP contribution in [0, 0.1) is 13.8 Å². The van der Waals surface area contributed by atoms with Crippen LogP contribution in [0.5, 0.6) is 0 Å². The summed E-state index contributed by atoms with van der Waals surface area (Å²) in [5.41, 5.74) is 1.66. The number of carboxylic acid groups (broad SMARTS) is 1. The molecule has 1 unspecified atom stereocenters. The van der Waals surface area contributed by atoms with Gasteiger partial charge in [-0.1, -0.05) is 0 Å². The molecule has 0 aliphatic rings. The zero-order valence-corrected chi connectivity index (χ0v) is 11.1. The van der Waals surface area contributed by atoms with Crippen molar-refractivity contribution in [3.8, 4) is 0 Å². The Kier molecular flexibility index (Phi) is 3.55. The lowest BCUT2D eigenvalue weighted by molar-refractivity contribution is 0.0696. The average Bonchev–Trinajstić information content (AvgIpc) is 2.80. The topological polar surface area (TPSA) is 75.4 Å². The van der Waals surface area contributed by atoms with Gasteiger partial charge in [0.05, 0.1) is 12.3 Å². The van der Waals surface area contributed by atoms with Crippen LogP contribution in [0.3, 0.4) is 0 Å². The highest BCUT2D eigenvalue weighted by Gasteiger charge is 2.18. The average molecular weight is 260 g/mol. The van der Waals surface area contributed by atoms with Crippen molar-refractivity contribution in [2.75, 3.05) is 5.32 Å². The summed E-state index contributed by atoms with van der Waals surface area (Å²) in [4.78, 5) is 15.6. The molecule has 0 aromatic carbocycles. The van der Waals surface area contributed by atoms with Crippen LogP contribution in [0.15, 0.2) is 28.9 Å². The molecule has 0 fully saturated rings. The maximum atomic E-state index is 11.3. The monoisotopic (exact) mass is 260 g/mol. The van der Waals surface area contributed by atoms with Gasteiger partial charge in [0.2, 0.25) is 0 Å². The van der Waals surface area contributed by atoms with Gasteiger partial charge < -0.3 is 14.8 Å². The lowest BCUT2D eigenvalue weighted by atomic mass is 10.1. The number of pyridine rings is 1. The summed E-state index contributed by atoms with van der Waals surface area (Å²) in [6.45, 7) is 5.49. The van der Waals surface area contributed by atoms with E-state index in [0.29, 0.717) is 11.4 Å². The minimum atomic E-state index is -0.987. The Morgan fingerprint density at radius 3 is 2.79 bits per heavy atom. The van der Waals surface area contributed by atoms with Gasteiger partial charge in [-0.25, -0.2) is 9.78 Å². The van der Waals surface area contributed by atoms with E-state index in [0.717, 1.165) is 11.5 Å². The number of aromatic carboxylic acids is 1. The first-order chi connectivity index (χ1) is 8.99. The van der Waals surface area contributed by atoms with Crippen molar-refractivity contribution in [3.05, 3.63) is 47.0 Å². The largest absolute Gasteiger partial charge is 0.478 e. The van der Waals surface area contributed by atoms with E-state index in [1.54, 1.807) is 25.3 Å². The summed E-state index contributed by atoms with van der Waals surface area (Å²) < 4.78 is 5.29. The van der Waals surface area contributed by atoms with Gasteiger partial charge in [-0.2, -0.15) is 0 Å². The molecule has 2 heterocycles. The predicted molar refractivity (Wildman–Crippen MR) is 71.4 cm³/mol. The van der Waals surface area contributed by atoms with Gasteiger partial charge >= 0.3 is 5.97 Å². The molecule has 1 atom stereocenters. The zero-order chi connectivity index (χ0) is 14.0. The molecule has 0 saturated carbocycles. The minimum absolute atomic E-state index is 0.151. The summed E-state index contributed by atoms with van der Waals surface area (Å²) in [6, 6.07) is 5.23. The van der Waals surface area contributed by atoms with E-state index in [1.807, 2.05) is 19.9 Å². The summed E-state index contributed by atoms with van der Waals surface area (Å²) >= 11 is 0. The molecule has 2 aromatic heterocycles. The van der Waals surface area contributed by atoms with E-state index in [4.69, 9.17) is 4.42 Å². The number of rotatable bonds is 4. The van der Waals surface area contributed by atoms with Crippen molar-refractivity contribution in [2.45, 2.75) is 26.8 Å².